The number of rotatable bonds is 2. The molecule has 0 aliphatic heterocycles. The molecule has 0 heterocycles. The highest BCUT2D eigenvalue weighted by atomic mass is 35.5. The molecule has 0 N–H and O–H groups in total. The van der Waals surface area contributed by atoms with E-state index in [1.54, 1.807) is 6.92 Å². The van der Waals surface area contributed by atoms with Gasteiger partial charge in [0.1, 0.15) is 11.6 Å². The van der Waals surface area contributed by atoms with Gasteiger partial charge in [-0.3, -0.25) is 0 Å². The molecule has 3 heteroatoms. The Labute approximate surface area is 47.2 Å². The Morgan fingerprint density at radius 3 is 2.33 bits per heavy atom. The second kappa shape index (κ2) is 3.72. The summed E-state index contributed by atoms with van der Waals surface area (Å²) in [4.78, 5) is 0. The smallest absolute Gasteiger partial charge is 0.130 e. The van der Waals surface area contributed by atoms with Gasteiger partial charge in [-0.05, 0) is 6.92 Å². The van der Waals surface area contributed by atoms with Crippen LogP contribution in [-0.2, 0) is 4.74 Å². The zero-order valence-corrected chi connectivity index (χ0v) is 4.96. The summed E-state index contributed by atoms with van der Waals surface area (Å²) < 4.78 is 4.57. The molecule has 0 aliphatic rings. The second-order valence-corrected chi connectivity index (χ2v) is 1.65. The van der Waals surface area contributed by atoms with Gasteiger partial charge in [-0.1, -0.05) is 23.2 Å². The molecule has 0 aromatic rings. The van der Waals surface area contributed by atoms with Crippen molar-refractivity contribution < 1.29 is 4.74 Å². The van der Waals surface area contributed by atoms with E-state index in [0.717, 1.165) is 0 Å². The van der Waals surface area contributed by atoms with Gasteiger partial charge in [0.25, 0.3) is 0 Å². The number of ether oxygens (including phenoxy) is 1. The third-order valence-electron chi connectivity index (χ3n) is 0.293. The first kappa shape index (κ1) is 6.54. The van der Waals surface area contributed by atoms with Gasteiger partial charge in [0, 0.05) is 0 Å². The van der Waals surface area contributed by atoms with Gasteiger partial charge in [-0.15, -0.1) is 0 Å². The first-order chi connectivity index (χ1) is 2.77. The predicted molar refractivity (Wildman–Crippen MR) is 27.1 cm³/mol. The lowest BCUT2D eigenvalue weighted by molar-refractivity contribution is 0.163. The summed E-state index contributed by atoms with van der Waals surface area (Å²) in [5.74, 6) is 0. The van der Waals surface area contributed by atoms with Gasteiger partial charge < -0.3 is 4.74 Å². The molecule has 0 amide bonds. The molecule has 0 saturated carbocycles. The van der Waals surface area contributed by atoms with Crippen molar-refractivity contribution in [3.8, 4) is 0 Å². The molecule has 6 heavy (non-hydrogen) atoms. The molecule has 0 radical (unpaired) electrons. The third kappa shape index (κ3) is 4.54. The normalized spacial score (nSPS) is 14.5. The molecule has 1 atom stereocenters. The number of hydrogen-bond donors (Lipinski definition) is 0. The molecule has 0 aromatic heterocycles. The van der Waals surface area contributed by atoms with E-state index < -0.39 is 0 Å². The van der Waals surface area contributed by atoms with E-state index in [-0.39, 0.29) is 11.6 Å². The van der Waals surface area contributed by atoms with Crippen LogP contribution < -0.4 is 0 Å². The highest BCUT2D eigenvalue weighted by Gasteiger charge is 1.88. The average molecular weight is 129 g/mol. The van der Waals surface area contributed by atoms with E-state index in [1.807, 2.05) is 0 Å². The molecule has 0 aromatic carbocycles. The average Bonchev–Trinajstić information content (AvgIpc) is 1.35. The monoisotopic (exact) mass is 128 g/mol. The predicted octanol–water partition coefficient (Wildman–Crippen LogP) is 1.78. The highest BCUT2D eigenvalue weighted by molar-refractivity contribution is 6.20. The van der Waals surface area contributed by atoms with Crippen LogP contribution in [-0.4, -0.2) is 11.6 Å². The summed E-state index contributed by atoms with van der Waals surface area (Å²) in [6, 6.07) is 0.171. The van der Waals surface area contributed by atoms with Crippen molar-refractivity contribution in [3.05, 3.63) is 0 Å². The zero-order valence-electron chi connectivity index (χ0n) is 3.45. The summed E-state index contributed by atoms with van der Waals surface area (Å²) in [5.41, 5.74) is -0.262. The maximum atomic E-state index is 5.27. The molecular formula is C3H6Cl2O. The van der Waals surface area contributed by atoms with Crippen LogP contribution in [0.4, 0.5) is 0 Å². The summed E-state index contributed by atoms with van der Waals surface area (Å²) in [6.45, 7) is 1.71. The van der Waals surface area contributed by atoms with Gasteiger partial charge in [0.2, 0.25) is 0 Å². The molecule has 0 aliphatic carbocycles. The molecule has 1 unspecified atom stereocenters. The van der Waals surface area contributed by atoms with E-state index in [9.17, 15) is 0 Å². The maximum Gasteiger partial charge on any atom is 0.130 e. The summed E-state index contributed by atoms with van der Waals surface area (Å²) in [7, 11) is 0. The lowest BCUT2D eigenvalue weighted by Crippen LogP contribution is -1.94. The fourth-order valence-corrected chi connectivity index (χ4v) is 0.403. The van der Waals surface area contributed by atoms with Crippen LogP contribution in [0, 0.1) is 0 Å². The van der Waals surface area contributed by atoms with Crippen molar-refractivity contribution in [2.75, 3.05) is 6.07 Å². The molecule has 0 rings (SSSR count). The maximum absolute atomic E-state index is 5.27. The lowest BCUT2D eigenvalue weighted by atomic mass is 10.9. The minimum atomic E-state index is -0.262. The molecule has 0 spiro atoms. The summed E-state index contributed by atoms with van der Waals surface area (Å²) >= 11 is 10.4. The first-order valence-corrected chi connectivity index (χ1v) is 2.56. The van der Waals surface area contributed by atoms with Crippen molar-refractivity contribution >= 4 is 23.2 Å². The van der Waals surface area contributed by atoms with Crippen molar-refractivity contribution in [2.24, 2.45) is 0 Å². The van der Waals surface area contributed by atoms with Crippen LogP contribution in [0.15, 0.2) is 0 Å². The topological polar surface area (TPSA) is 9.23 Å². The van der Waals surface area contributed by atoms with Crippen LogP contribution in [0.25, 0.3) is 0 Å². The molecule has 0 bridgehead atoms. The minimum absolute atomic E-state index is 0.171. The van der Waals surface area contributed by atoms with Crippen molar-refractivity contribution in [2.45, 2.75) is 12.5 Å². The van der Waals surface area contributed by atoms with Crippen LogP contribution in [0.5, 0.6) is 0 Å². The van der Waals surface area contributed by atoms with Gasteiger partial charge in [-0.25, -0.2) is 0 Å². The van der Waals surface area contributed by atoms with E-state index in [1.165, 1.54) is 0 Å². The highest BCUT2D eigenvalue weighted by Crippen LogP contribution is 1.94. The molecule has 38 valence electrons. The number of halogens is 2. The van der Waals surface area contributed by atoms with Gasteiger partial charge in [0.05, 0.1) is 0 Å². The Morgan fingerprint density at radius 1 is 1.83 bits per heavy atom. The SMILES string of the molecule is CC(Cl)OCCl. The van der Waals surface area contributed by atoms with Crippen LogP contribution in [0.1, 0.15) is 6.92 Å². The Bertz CT molecular complexity index is 30.0. The van der Waals surface area contributed by atoms with Crippen LogP contribution >= 0.6 is 23.2 Å². The van der Waals surface area contributed by atoms with E-state index in [0.29, 0.717) is 0 Å². The minimum Gasteiger partial charge on any atom is -0.347 e. The fraction of sp³-hybridized carbons (Fsp3) is 1.00. The van der Waals surface area contributed by atoms with Crippen LogP contribution in [0.2, 0.25) is 0 Å². The van der Waals surface area contributed by atoms with Crippen molar-refractivity contribution in [1.29, 1.82) is 0 Å². The molecule has 0 fully saturated rings. The van der Waals surface area contributed by atoms with Gasteiger partial charge in [-0.2, -0.15) is 0 Å². The quantitative estimate of drug-likeness (QED) is 0.516. The van der Waals surface area contributed by atoms with Crippen molar-refractivity contribution in [3.63, 3.8) is 0 Å². The van der Waals surface area contributed by atoms with Gasteiger partial charge in [0.15, 0.2) is 0 Å². The second-order valence-electron chi connectivity index (χ2n) is 0.819. The first-order valence-electron chi connectivity index (χ1n) is 1.59. The fourth-order valence-electron chi connectivity index (χ4n) is 0.0868. The Hall–Kier alpha value is 0.540. The van der Waals surface area contributed by atoms with Crippen LogP contribution in [0.3, 0.4) is 0 Å². The standard InChI is InChI=1S/C3H6Cl2O/c1-3(5)6-2-4/h3H,2H2,1H3. The summed E-state index contributed by atoms with van der Waals surface area (Å²) in [5, 5.41) is 0. The van der Waals surface area contributed by atoms with E-state index in [2.05, 4.69) is 4.74 Å². The Balaban J connectivity index is 2.63. The zero-order chi connectivity index (χ0) is 4.99. The van der Waals surface area contributed by atoms with Crippen molar-refractivity contribution in [1.82, 2.24) is 0 Å². The van der Waals surface area contributed by atoms with E-state index >= 15 is 0 Å². The largest absolute Gasteiger partial charge is 0.347 e. The summed E-state index contributed by atoms with van der Waals surface area (Å²) in [6.07, 6.45) is 0. The molecular weight excluding hydrogens is 123 g/mol. The number of alkyl halides is 2. The molecule has 0 saturated heterocycles. The lowest BCUT2D eigenvalue weighted by Gasteiger charge is -1.96. The van der Waals surface area contributed by atoms with E-state index in [4.69, 9.17) is 23.2 Å². The third-order valence-corrected chi connectivity index (χ3v) is 0.545. The Morgan fingerprint density at radius 2 is 2.33 bits per heavy atom. The Kier molecular flexibility index (Phi) is 4.06. The van der Waals surface area contributed by atoms with Gasteiger partial charge >= 0.3 is 0 Å². The molecule has 1 nitrogen and oxygen atoms in total. The number of hydrogen-bond acceptors (Lipinski definition) is 1.